The highest BCUT2D eigenvalue weighted by molar-refractivity contribution is 6.30. The highest BCUT2D eigenvalue weighted by Gasteiger charge is 2.31. The van der Waals surface area contributed by atoms with Crippen LogP contribution >= 0.6 is 11.6 Å². The molecule has 0 N–H and O–H groups in total. The maximum absolute atomic E-state index is 15.3. The third kappa shape index (κ3) is 6.80. The molecular weight excluding hydrogens is 532 g/mol. The van der Waals surface area contributed by atoms with Crippen LogP contribution < -0.4 is 0 Å². The van der Waals surface area contributed by atoms with Gasteiger partial charge in [-0.25, -0.2) is 17.6 Å². The van der Waals surface area contributed by atoms with Crippen LogP contribution in [0.25, 0.3) is 5.57 Å². The topological polar surface area (TPSA) is 0 Å². The van der Waals surface area contributed by atoms with Crippen LogP contribution in [-0.4, -0.2) is 0 Å². The summed E-state index contributed by atoms with van der Waals surface area (Å²) in [5.74, 6) is -0.00319. The van der Waals surface area contributed by atoms with E-state index in [9.17, 15) is 8.78 Å². The van der Waals surface area contributed by atoms with Crippen LogP contribution in [0, 0.1) is 41.0 Å². The molecule has 0 spiro atoms. The summed E-state index contributed by atoms with van der Waals surface area (Å²) in [6, 6.07) is 5.97. The molecule has 3 aliphatic rings. The van der Waals surface area contributed by atoms with Gasteiger partial charge in [0.05, 0.1) is 0 Å². The minimum Gasteiger partial charge on any atom is -0.206 e. The van der Waals surface area contributed by atoms with E-state index in [1.165, 1.54) is 50.7 Å². The highest BCUT2D eigenvalue weighted by Crippen LogP contribution is 2.45. The summed E-state index contributed by atoms with van der Waals surface area (Å²) in [6.07, 6.45) is 17.8. The second-order valence-electron chi connectivity index (χ2n) is 12.7. The van der Waals surface area contributed by atoms with Gasteiger partial charge in [-0.2, -0.15) is 0 Å². The van der Waals surface area contributed by atoms with Gasteiger partial charge in [0, 0.05) is 5.56 Å². The fraction of sp³-hybridized carbons (Fsp3) is 0.600. The van der Waals surface area contributed by atoms with Crippen molar-refractivity contribution in [2.45, 2.75) is 115 Å². The largest absolute Gasteiger partial charge is 0.206 e. The van der Waals surface area contributed by atoms with Gasteiger partial charge in [0.2, 0.25) is 0 Å². The van der Waals surface area contributed by atoms with Crippen molar-refractivity contribution in [2.24, 2.45) is 17.8 Å². The lowest BCUT2D eigenvalue weighted by Gasteiger charge is -2.36. The Morgan fingerprint density at radius 2 is 1.23 bits per heavy atom. The number of hydrogen-bond donors (Lipinski definition) is 0. The summed E-state index contributed by atoms with van der Waals surface area (Å²) in [5, 5.41) is -0.440. The number of allylic oxidation sites excluding steroid dienone is 2. The first-order chi connectivity index (χ1) is 19.3. The Morgan fingerprint density at radius 1 is 0.675 bits per heavy atom. The Kier molecular flexibility index (Phi) is 9.97. The monoisotopic (exact) mass is 574 g/mol. The molecule has 0 aromatic heterocycles. The molecule has 0 radical (unpaired) electrons. The van der Waals surface area contributed by atoms with Crippen LogP contribution in [0.15, 0.2) is 30.3 Å². The molecular formula is C35H43ClF4. The van der Waals surface area contributed by atoms with E-state index in [0.717, 1.165) is 68.4 Å². The average molecular weight is 575 g/mol. The van der Waals surface area contributed by atoms with Gasteiger partial charge >= 0.3 is 0 Å². The van der Waals surface area contributed by atoms with Gasteiger partial charge < -0.3 is 0 Å². The van der Waals surface area contributed by atoms with Gasteiger partial charge in [0.25, 0.3) is 0 Å². The summed E-state index contributed by atoms with van der Waals surface area (Å²) < 4.78 is 58.5. The van der Waals surface area contributed by atoms with E-state index < -0.39 is 28.3 Å². The van der Waals surface area contributed by atoms with Crippen molar-refractivity contribution in [3.8, 4) is 0 Å². The molecule has 0 amide bonds. The quantitative estimate of drug-likeness (QED) is 0.167. The van der Waals surface area contributed by atoms with Crippen LogP contribution in [0.1, 0.15) is 132 Å². The SMILES string of the molecule is CCCCCC1CCC(c2cc(F)c(C3=CCC(C4CCC(c5cc(F)c(Cl)c(F)c5)CC4)CC3)c(F)c2)CC1. The maximum Gasteiger partial charge on any atom is 0.145 e. The first-order valence-electron chi connectivity index (χ1n) is 15.7. The van der Waals surface area contributed by atoms with Crippen molar-refractivity contribution in [3.05, 3.63) is 75.3 Å². The molecule has 5 rings (SSSR count). The summed E-state index contributed by atoms with van der Waals surface area (Å²) in [4.78, 5) is 0. The molecule has 5 heteroatoms. The second kappa shape index (κ2) is 13.4. The summed E-state index contributed by atoms with van der Waals surface area (Å²) in [5.41, 5.74) is 2.50. The van der Waals surface area contributed by atoms with Crippen molar-refractivity contribution in [2.75, 3.05) is 0 Å². The van der Waals surface area contributed by atoms with Crippen LogP contribution in [0.4, 0.5) is 17.6 Å². The molecule has 0 bridgehead atoms. The van der Waals surface area contributed by atoms with Crippen molar-refractivity contribution in [1.82, 2.24) is 0 Å². The van der Waals surface area contributed by atoms with Crippen LogP contribution in [0.5, 0.6) is 0 Å². The lowest BCUT2D eigenvalue weighted by Crippen LogP contribution is -2.23. The Labute approximate surface area is 242 Å². The normalized spacial score (nSPS) is 27.4. The van der Waals surface area contributed by atoms with Gasteiger partial charge in [0.15, 0.2) is 0 Å². The first kappa shape index (κ1) is 29.7. The molecule has 2 aromatic carbocycles. The molecule has 0 heterocycles. The predicted molar refractivity (Wildman–Crippen MR) is 157 cm³/mol. The Morgan fingerprint density at radius 3 is 1.75 bits per heavy atom. The fourth-order valence-electron chi connectivity index (χ4n) is 7.85. The number of hydrogen-bond acceptors (Lipinski definition) is 0. The summed E-state index contributed by atoms with van der Waals surface area (Å²) in [6.45, 7) is 2.23. The minimum atomic E-state index is -0.693. The zero-order valence-corrected chi connectivity index (χ0v) is 24.5. The average Bonchev–Trinajstić information content (AvgIpc) is 2.96. The standard InChI is InChI=1S/C35H43ClF4/c1-2-3-4-5-22-6-8-25(9-7-22)28-18-30(37)34(31(38)19-28)27-16-14-24(15-17-27)23-10-12-26(13-11-23)29-20-32(39)35(36)33(40)21-29/h16,18-26H,2-15,17H2,1H3. The predicted octanol–water partition coefficient (Wildman–Crippen LogP) is 11.9. The van der Waals surface area contributed by atoms with Gasteiger partial charge in [0.1, 0.15) is 28.3 Å². The molecule has 1 unspecified atom stereocenters. The van der Waals surface area contributed by atoms with E-state index in [-0.39, 0.29) is 17.4 Å². The van der Waals surface area contributed by atoms with E-state index in [1.807, 2.05) is 0 Å². The lowest BCUT2D eigenvalue weighted by molar-refractivity contribution is 0.220. The van der Waals surface area contributed by atoms with Crippen molar-refractivity contribution in [3.63, 3.8) is 0 Å². The van der Waals surface area contributed by atoms with Gasteiger partial charge in [-0.1, -0.05) is 50.3 Å². The fourth-order valence-corrected chi connectivity index (χ4v) is 7.96. The Hall–Kier alpha value is -1.81. The Bertz CT molecular complexity index is 1140. The first-order valence-corrected chi connectivity index (χ1v) is 16.0. The number of unbranched alkanes of at least 4 members (excludes halogenated alkanes) is 2. The minimum absolute atomic E-state index is 0.144. The summed E-state index contributed by atoms with van der Waals surface area (Å²) in [7, 11) is 0. The molecule has 0 aliphatic heterocycles. The molecule has 2 saturated carbocycles. The second-order valence-corrected chi connectivity index (χ2v) is 13.1. The van der Waals surface area contributed by atoms with Crippen molar-refractivity contribution in [1.29, 1.82) is 0 Å². The molecule has 1 atom stereocenters. The van der Waals surface area contributed by atoms with Gasteiger partial charge in [-0.3, -0.25) is 0 Å². The van der Waals surface area contributed by atoms with Gasteiger partial charge in [-0.05, 0) is 141 Å². The zero-order valence-electron chi connectivity index (χ0n) is 23.8. The molecule has 0 saturated heterocycles. The van der Waals surface area contributed by atoms with E-state index >= 15 is 8.78 Å². The number of halogens is 5. The Balaban J connectivity index is 1.16. The van der Waals surface area contributed by atoms with E-state index in [4.69, 9.17) is 11.6 Å². The van der Waals surface area contributed by atoms with E-state index in [2.05, 4.69) is 13.0 Å². The smallest absolute Gasteiger partial charge is 0.145 e. The van der Waals surface area contributed by atoms with Crippen LogP contribution in [-0.2, 0) is 0 Å². The molecule has 218 valence electrons. The molecule has 40 heavy (non-hydrogen) atoms. The zero-order chi connectivity index (χ0) is 28.2. The molecule has 2 fully saturated rings. The van der Waals surface area contributed by atoms with Gasteiger partial charge in [-0.15, -0.1) is 0 Å². The van der Waals surface area contributed by atoms with Crippen LogP contribution in [0.2, 0.25) is 5.02 Å². The third-order valence-corrected chi connectivity index (χ3v) is 10.6. The molecule has 0 nitrogen and oxygen atoms in total. The third-order valence-electron chi connectivity index (χ3n) is 10.3. The number of benzene rings is 2. The van der Waals surface area contributed by atoms with E-state index in [0.29, 0.717) is 23.8 Å². The highest BCUT2D eigenvalue weighted by atomic mass is 35.5. The van der Waals surface area contributed by atoms with Crippen molar-refractivity contribution < 1.29 is 17.6 Å². The molecule has 3 aliphatic carbocycles. The summed E-state index contributed by atoms with van der Waals surface area (Å²) >= 11 is 5.65. The maximum atomic E-state index is 15.3. The lowest BCUT2D eigenvalue weighted by atomic mass is 9.70. The molecule has 2 aromatic rings. The van der Waals surface area contributed by atoms with Crippen LogP contribution in [0.3, 0.4) is 0 Å². The number of rotatable bonds is 8. The van der Waals surface area contributed by atoms with Crippen molar-refractivity contribution >= 4 is 17.2 Å². The van der Waals surface area contributed by atoms with E-state index in [1.54, 1.807) is 12.1 Å².